The highest BCUT2D eigenvalue weighted by Gasteiger charge is 2.19. The molecule has 0 aliphatic rings. The standard InChI is InChI=1S/C19H23NO2Si/c1-16(22-19(21)20-17-10-6-4-7-11-17)14-15-23(2,3)18-12-8-5-9-13-18/h4-16H,1-3H3,(H,20,21)/b15-14-. The monoisotopic (exact) mass is 325 g/mol. The fraction of sp³-hybridized carbons (Fsp3) is 0.211. The summed E-state index contributed by atoms with van der Waals surface area (Å²) in [7, 11) is -1.66. The Hall–Kier alpha value is -2.33. The number of ether oxygens (including phenoxy) is 1. The van der Waals surface area contributed by atoms with E-state index in [0.717, 1.165) is 5.69 Å². The minimum Gasteiger partial charge on any atom is -0.442 e. The average Bonchev–Trinajstić information content (AvgIpc) is 2.55. The summed E-state index contributed by atoms with van der Waals surface area (Å²) in [6, 6.07) is 19.8. The molecule has 0 aliphatic carbocycles. The Balaban J connectivity index is 1.91. The van der Waals surface area contributed by atoms with Crippen molar-refractivity contribution in [1.29, 1.82) is 0 Å². The van der Waals surface area contributed by atoms with E-state index < -0.39 is 14.2 Å². The molecule has 23 heavy (non-hydrogen) atoms. The van der Waals surface area contributed by atoms with E-state index >= 15 is 0 Å². The number of hydrogen-bond donors (Lipinski definition) is 1. The summed E-state index contributed by atoms with van der Waals surface area (Å²) in [4.78, 5) is 11.9. The maximum absolute atomic E-state index is 11.9. The number of anilines is 1. The van der Waals surface area contributed by atoms with E-state index in [1.165, 1.54) is 5.19 Å². The smallest absolute Gasteiger partial charge is 0.412 e. The third kappa shape index (κ3) is 5.42. The highest BCUT2D eigenvalue weighted by molar-refractivity contribution is 6.93. The maximum Gasteiger partial charge on any atom is 0.412 e. The van der Waals surface area contributed by atoms with Crippen LogP contribution in [0.4, 0.5) is 10.5 Å². The molecule has 0 aromatic heterocycles. The molecule has 0 radical (unpaired) electrons. The van der Waals surface area contributed by atoms with E-state index in [4.69, 9.17) is 4.74 Å². The lowest BCUT2D eigenvalue weighted by Crippen LogP contribution is -2.39. The van der Waals surface area contributed by atoms with Crippen molar-refractivity contribution in [2.45, 2.75) is 26.1 Å². The zero-order valence-electron chi connectivity index (χ0n) is 13.8. The molecule has 2 rings (SSSR count). The largest absolute Gasteiger partial charge is 0.442 e. The summed E-state index contributed by atoms with van der Waals surface area (Å²) in [6.07, 6.45) is 1.27. The summed E-state index contributed by atoms with van der Waals surface area (Å²) in [5.41, 5.74) is 2.94. The van der Waals surface area contributed by atoms with Crippen molar-refractivity contribution in [1.82, 2.24) is 0 Å². The second-order valence-corrected chi connectivity index (χ2v) is 10.4. The minimum absolute atomic E-state index is 0.269. The summed E-state index contributed by atoms with van der Waals surface area (Å²) in [5.74, 6) is 0. The van der Waals surface area contributed by atoms with Crippen molar-refractivity contribution in [3.63, 3.8) is 0 Å². The van der Waals surface area contributed by atoms with Crippen LogP contribution >= 0.6 is 0 Å². The van der Waals surface area contributed by atoms with Crippen LogP contribution in [0.1, 0.15) is 6.92 Å². The second-order valence-electron chi connectivity index (χ2n) is 6.05. The number of hydrogen-bond acceptors (Lipinski definition) is 2. The van der Waals surface area contributed by atoms with Crippen LogP contribution in [0, 0.1) is 0 Å². The first-order valence-electron chi connectivity index (χ1n) is 7.75. The van der Waals surface area contributed by atoms with Gasteiger partial charge in [0.1, 0.15) is 14.2 Å². The first-order valence-corrected chi connectivity index (χ1v) is 10.8. The van der Waals surface area contributed by atoms with Gasteiger partial charge in [0.15, 0.2) is 0 Å². The molecule has 1 unspecified atom stereocenters. The molecule has 0 bridgehead atoms. The fourth-order valence-corrected chi connectivity index (χ4v) is 4.21. The molecular weight excluding hydrogens is 302 g/mol. The van der Waals surface area contributed by atoms with E-state index in [-0.39, 0.29) is 6.10 Å². The molecule has 0 spiro atoms. The Morgan fingerprint density at radius 2 is 1.61 bits per heavy atom. The van der Waals surface area contributed by atoms with Gasteiger partial charge >= 0.3 is 6.09 Å². The molecule has 1 amide bonds. The molecule has 0 saturated carbocycles. The number of carbonyl (C=O) groups excluding carboxylic acids is 1. The van der Waals surface area contributed by atoms with Crippen LogP contribution < -0.4 is 10.5 Å². The van der Waals surface area contributed by atoms with Crippen LogP contribution in [-0.2, 0) is 4.74 Å². The van der Waals surface area contributed by atoms with Gasteiger partial charge in [-0.2, -0.15) is 0 Å². The van der Waals surface area contributed by atoms with Crippen molar-refractivity contribution in [2.24, 2.45) is 0 Å². The molecule has 120 valence electrons. The summed E-state index contributed by atoms with van der Waals surface area (Å²) in [6.45, 7) is 6.42. The van der Waals surface area contributed by atoms with Gasteiger partial charge in [0, 0.05) is 5.69 Å². The zero-order chi connectivity index (χ0) is 16.7. The highest BCUT2D eigenvalue weighted by Crippen LogP contribution is 2.09. The van der Waals surface area contributed by atoms with Gasteiger partial charge in [0.05, 0.1) is 0 Å². The lowest BCUT2D eigenvalue weighted by atomic mass is 10.3. The quantitative estimate of drug-likeness (QED) is 0.831. The molecule has 1 atom stereocenters. The molecule has 1 N–H and O–H groups in total. The highest BCUT2D eigenvalue weighted by atomic mass is 28.3. The molecule has 0 saturated heterocycles. The van der Waals surface area contributed by atoms with E-state index in [2.05, 4.69) is 48.4 Å². The van der Waals surface area contributed by atoms with Gasteiger partial charge in [-0.25, -0.2) is 4.79 Å². The van der Waals surface area contributed by atoms with Crippen LogP contribution in [-0.4, -0.2) is 20.3 Å². The van der Waals surface area contributed by atoms with E-state index in [1.807, 2.05) is 49.4 Å². The summed E-state index contributed by atoms with van der Waals surface area (Å²) in [5, 5.41) is 4.08. The number of nitrogens with one attached hydrogen (secondary N) is 1. The molecule has 2 aromatic carbocycles. The van der Waals surface area contributed by atoms with Crippen molar-refractivity contribution in [3.8, 4) is 0 Å². The zero-order valence-corrected chi connectivity index (χ0v) is 14.8. The van der Waals surface area contributed by atoms with Crippen LogP contribution in [0.15, 0.2) is 72.4 Å². The van der Waals surface area contributed by atoms with Crippen molar-refractivity contribution in [3.05, 3.63) is 72.4 Å². The van der Waals surface area contributed by atoms with Crippen molar-refractivity contribution < 1.29 is 9.53 Å². The van der Waals surface area contributed by atoms with Crippen LogP contribution in [0.2, 0.25) is 13.1 Å². The van der Waals surface area contributed by atoms with Crippen LogP contribution in [0.25, 0.3) is 0 Å². The lowest BCUT2D eigenvalue weighted by molar-refractivity contribution is 0.142. The Morgan fingerprint density at radius 3 is 2.22 bits per heavy atom. The Bertz CT molecular complexity index is 654. The number of carbonyl (C=O) groups is 1. The summed E-state index contributed by atoms with van der Waals surface area (Å²) < 4.78 is 5.37. The van der Waals surface area contributed by atoms with Crippen molar-refractivity contribution >= 4 is 25.0 Å². The van der Waals surface area contributed by atoms with Crippen LogP contribution in [0.5, 0.6) is 0 Å². The van der Waals surface area contributed by atoms with E-state index in [1.54, 1.807) is 0 Å². The Labute approximate surface area is 139 Å². The van der Waals surface area contributed by atoms with Gasteiger partial charge < -0.3 is 4.74 Å². The second kappa shape index (κ2) is 7.79. The number of benzene rings is 2. The number of rotatable bonds is 5. The van der Waals surface area contributed by atoms with Gasteiger partial charge in [-0.3, -0.25) is 5.32 Å². The van der Waals surface area contributed by atoms with Gasteiger partial charge in [-0.1, -0.05) is 78.6 Å². The third-order valence-electron chi connectivity index (χ3n) is 3.61. The van der Waals surface area contributed by atoms with Gasteiger partial charge in [0.2, 0.25) is 0 Å². The van der Waals surface area contributed by atoms with Gasteiger partial charge in [-0.05, 0) is 19.1 Å². The Kier molecular flexibility index (Phi) is 5.76. The molecule has 3 nitrogen and oxygen atoms in total. The number of amides is 1. The fourth-order valence-electron chi connectivity index (χ4n) is 2.22. The maximum atomic E-state index is 11.9. The molecular formula is C19H23NO2Si. The van der Waals surface area contributed by atoms with E-state index in [9.17, 15) is 4.79 Å². The topological polar surface area (TPSA) is 38.3 Å². The lowest BCUT2D eigenvalue weighted by Gasteiger charge is -2.19. The number of para-hydroxylation sites is 1. The predicted octanol–water partition coefficient (Wildman–Crippen LogP) is 4.33. The minimum atomic E-state index is -1.66. The molecule has 0 heterocycles. The molecule has 0 aliphatic heterocycles. The van der Waals surface area contributed by atoms with Crippen LogP contribution in [0.3, 0.4) is 0 Å². The van der Waals surface area contributed by atoms with Crippen molar-refractivity contribution in [2.75, 3.05) is 5.32 Å². The first kappa shape index (κ1) is 17.0. The third-order valence-corrected chi connectivity index (χ3v) is 6.46. The SMILES string of the molecule is CC(/C=C\[Si](C)(C)c1ccccc1)OC(=O)Nc1ccccc1. The van der Waals surface area contributed by atoms with E-state index in [0.29, 0.717) is 0 Å². The average molecular weight is 325 g/mol. The molecule has 0 fully saturated rings. The normalized spacial score (nSPS) is 12.8. The summed E-state index contributed by atoms with van der Waals surface area (Å²) >= 11 is 0. The first-order chi connectivity index (χ1) is 11.0. The van der Waals surface area contributed by atoms with Gasteiger partial charge in [0.25, 0.3) is 0 Å². The molecule has 4 heteroatoms. The molecule has 2 aromatic rings. The predicted molar refractivity (Wildman–Crippen MR) is 98.7 cm³/mol. The van der Waals surface area contributed by atoms with Gasteiger partial charge in [-0.15, -0.1) is 0 Å². The Morgan fingerprint density at radius 1 is 1.04 bits per heavy atom.